The molecule has 0 radical (unpaired) electrons. The Bertz CT molecular complexity index is 898. The molecule has 5 heteroatoms. The summed E-state index contributed by atoms with van der Waals surface area (Å²) in [7, 11) is 3.56. The van der Waals surface area contributed by atoms with Gasteiger partial charge in [0, 0.05) is 24.2 Å². The van der Waals surface area contributed by atoms with Gasteiger partial charge in [-0.3, -0.25) is 4.79 Å². The number of carbonyl (C=O) groups excluding carboxylic acids is 1. The number of pyridine rings is 1. The molecule has 5 nitrogen and oxygen atoms in total. The van der Waals surface area contributed by atoms with Crippen LogP contribution in [0.5, 0.6) is 5.75 Å². The van der Waals surface area contributed by atoms with Crippen LogP contribution in [0.1, 0.15) is 15.9 Å². The number of carbonyl (C=O) groups is 1. The molecule has 0 spiro atoms. The summed E-state index contributed by atoms with van der Waals surface area (Å²) in [4.78, 5) is 18.9. The summed E-state index contributed by atoms with van der Waals surface area (Å²) < 4.78 is 7.17. The highest BCUT2D eigenvalue weighted by atomic mass is 16.5. The van der Waals surface area contributed by atoms with Crippen molar-refractivity contribution in [3.05, 3.63) is 53.9 Å². The van der Waals surface area contributed by atoms with Gasteiger partial charge in [0.15, 0.2) is 0 Å². The van der Waals surface area contributed by atoms with E-state index in [2.05, 4.69) is 4.98 Å². The minimum Gasteiger partial charge on any atom is -0.497 e. The fourth-order valence-corrected chi connectivity index (χ4v) is 2.91. The Hall–Kier alpha value is -2.82. The molecule has 4 rings (SSSR count). The molecule has 0 fully saturated rings. The van der Waals surface area contributed by atoms with E-state index in [9.17, 15) is 4.79 Å². The number of aryl methyl sites for hydroxylation is 1. The molecule has 110 valence electrons. The van der Waals surface area contributed by atoms with Gasteiger partial charge < -0.3 is 14.2 Å². The minimum absolute atomic E-state index is 0.00835. The van der Waals surface area contributed by atoms with Crippen LogP contribution in [0.3, 0.4) is 0 Å². The average molecular weight is 293 g/mol. The van der Waals surface area contributed by atoms with Crippen LogP contribution >= 0.6 is 0 Å². The Kier molecular flexibility index (Phi) is 2.69. The van der Waals surface area contributed by atoms with Crippen LogP contribution in [0.2, 0.25) is 0 Å². The smallest absolute Gasteiger partial charge is 0.259 e. The van der Waals surface area contributed by atoms with Gasteiger partial charge in [0.2, 0.25) is 0 Å². The summed E-state index contributed by atoms with van der Waals surface area (Å²) in [5.74, 6) is 0.691. The molecule has 1 aromatic carbocycles. The van der Waals surface area contributed by atoms with E-state index in [-0.39, 0.29) is 5.91 Å². The number of hydrogen-bond acceptors (Lipinski definition) is 3. The normalized spacial score (nSPS) is 13.7. The maximum atomic E-state index is 12.6. The van der Waals surface area contributed by atoms with Crippen LogP contribution in [0.25, 0.3) is 11.0 Å². The van der Waals surface area contributed by atoms with Crippen LogP contribution < -0.4 is 9.64 Å². The van der Waals surface area contributed by atoms with Crippen LogP contribution in [0.15, 0.2) is 42.7 Å². The molecule has 0 saturated carbocycles. The molecule has 0 bridgehead atoms. The van der Waals surface area contributed by atoms with E-state index in [4.69, 9.17) is 4.74 Å². The molecule has 22 heavy (non-hydrogen) atoms. The first-order valence-electron chi connectivity index (χ1n) is 7.07. The van der Waals surface area contributed by atoms with Crippen molar-refractivity contribution < 1.29 is 9.53 Å². The maximum absolute atomic E-state index is 12.6. The van der Waals surface area contributed by atoms with Gasteiger partial charge in [-0.25, -0.2) is 4.98 Å². The number of ether oxygens (including phenoxy) is 1. The van der Waals surface area contributed by atoms with Gasteiger partial charge in [-0.2, -0.15) is 0 Å². The third-order valence-corrected chi connectivity index (χ3v) is 4.13. The predicted molar refractivity (Wildman–Crippen MR) is 84.2 cm³/mol. The summed E-state index contributed by atoms with van der Waals surface area (Å²) in [6.07, 6.45) is 3.72. The van der Waals surface area contributed by atoms with Gasteiger partial charge >= 0.3 is 0 Å². The Morgan fingerprint density at radius 3 is 2.91 bits per heavy atom. The lowest BCUT2D eigenvalue weighted by atomic mass is 10.1. The van der Waals surface area contributed by atoms with Crippen molar-refractivity contribution in [2.45, 2.75) is 6.54 Å². The first-order valence-corrected chi connectivity index (χ1v) is 7.07. The number of fused-ring (bicyclic) bond motifs is 2. The third-order valence-electron chi connectivity index (χ3n) is 4.13. The maximum Gasteiger partial charge on any atom is 0.259 e. The summed E-state index contributed by atoms with van der Waals surface area (Å²) in [6.45, 7) is 0.568. The van der Waals surface area contributed by atoms with Gasteiger partial charge in [0.1, 0.15) is 11.4 Å². The van der Waals surface area contributed by atoms with Crippen molar-refractivity contribution >= 4 is 22.6 Å². The van der Waals surface area contributed by atoms with Crippen LogP contribution in [-0.4, -0.2) is 22.6 Å². The highest BCUT2D eigenvalue weighted by Gasteiger charge is 2.29. The standard InChI is InChI=1S/C17H15N3O2/c1-19-6-5-11-7-13(9-18-16(11)19)20-10-12-3-4-14(22-2)8-15(12)17(20)21/h3-9H,10H2,1-2H3. The number of anilines is 1. The summed E-state index contributed by atoms with van der Waals surface area (Å²) in [5.41, 5.74) is 3.44. The molecule has 3 aromatic rings. The monoisotopic (exact) mass is 293 g/mol. The Labute approximate surface area is 127 Å². The van der Waals surface area contributed by atoms with Crippen molar-refractivity contribution in [1.29, 1.82) is 0 Å². The van der Waals surface area contributed by atoms with Gasteiger partial charge in [0.05, 0.1) is 25.5 Å². The fourth-order valence-electron chi connectivity index (χ4n) is 2.91. The zero-order valence-corrected chi connectivity index (χ0v) is 12.4. The number of rotatable bonds is 2. The molecule has 2 aromatic heterocycles. The quantitative estimate of drug-likeness (QED) is 0.730. The van der Waals surface area contributed by atoms with E-state index in [0.717, 1.165) is 22.3 Å². The zero-order valence-electron chi connectivity index (χ0n) is 12.4. The van der Waals surface area contributed by atoms with E-state index >= 15 is 0 Å². The second-order valence-electron chi connectivity index (χ2n) is 5.45. The first kappa shape index (κ1) is 12.9. The number of hydrogen-bond donors (Lipinski definition) is 0. The van der Waals surface area contributed by atoms with Crippen molar-refractivity contribution in [2.75, 3.05) is 12.0 Å². The van der Waals surface area contributed by atoms with Gasteiger partial charge in [0.25, 0.3) is 5.91 Å². The zero-order chi connectivity index (χ0) is 15.3. The van der Waals surface area contributed by atoms with E-state index in [1.807, 2.05) is 42.1 Å². The molecule has 0 atom stereocenters. The van der Waals surface area contributed by atoms with E-state index in [0.29, 0.717) is 17.9 Å². The summed E-state index contributed by atoms with van der Waals surface area (Å²) in [6, 6.07) is 9.63. The topological polar surface area (TPSA) is 47.4 Å². The molecule has 1 aliphatic rings. The van der Waals surface area contributed by atoms with Crippen LogP contribution in [-0.2, 0) is 13.6 Å². The Morgan fingerprint density at radius 2 is 2.09 bits per heavy atom. The van der Waals surface area contributed by atoms with Crippen molar-refractivity contribution in [3.8, 4) is 5.75 Å². The van der Waals surface area contributed by atoms with Gasteiger partial charge in [-0.05, 0) is 29.8 Å². The minimum atomic E-state index is -0.00835. The fraction of sp³-hybridized carbons (Fsp3) is 0.176. The molecule has 1 aliphatic heterocycles. The second kappa shape index (κ2) is 4.59. The predicted octanol–water partition coefficient (Wildman–Crippen LogP) is 2.74. The lowest BCUT2D eigenvalue weighted by Gasteiger charge is -2.15. The van der Waals surface area contributed by atoms with Crippen molar-refractivity contribution in [3.63, 3.8) is 0 Å². The average Bonchev–Trinajstić information content (AvgIpc) is 3.08. The van der Waals surface area contributed by atoms with Gasteiger partial charge in [-0.15, -0.1) is 0 Å². The third kappa shape index (κ3) is 1.79. The molecule has 0 saturated heterocycles. The SMILES string of the molecule is COc1ccc2c(c1)C(=O)N(c1cnc3c(ccn3C)c1)C2. The van der Waals surface area contributed by atoms with Crippen LogP contribution in [0, 0.1) is 0 Å². The number of nitrogens with zero attached hydrogens (tertiary/aromatic N) is 3. The highest BCUT2D eigenvalue weighted by molar-refractivity contribution is 6.10. The van der Waals surface area contributed by atoms with E-state index in [1.54, 1.807) is 24.3 Å². The molecule has 1 amide bonds. The lowest BCUT2D eigenvalue weighted by molar-refractivity contribution is 0.0996. The van der Waals surface area contributed by atoms with E-state index < -0.39 is 0 Å². The highest BCUT2D eigenvalue weighted by Crippen LogP contribution is 2.31. The second-order valence-corrected chi connectivity index (χ2v) is 5.45. The first-order chi connectivity index (χ1) is 10.7. The molecule has 0 aliphatic carbocycles. The van der Waals surface area contributed by atoms with Gasteiger partial charge in [-0.1, -0.05) is 6.07 Å². The van der Waals surface area contributed by atoms with Crippen molar-refractivity contribution in [1.82, 2.24) is 9.55 Å². The Morgan fingerprint density at radius 1 is 1.23 bits per heavy atom. The van der Waals surface area contributed by atoms with E-state index in [1.165, 1.54) is 0 Å². The number of benzene rings is 1. The number of amides is 1. The Balaban J connectivity index is 1.75. The largest absolute Gasteiger partial charge is 0.497 e. The summed E-state index contributed by atoms with van der Waals surface area (Å²) in [5, 5.41) is 1.03. The summed E-state index contributed by atoms with van der Waals surface area (Å²) >= 11 is 0. The molecule has 0 unspecified atom stereocenters. The number of methoxy groups -OCH3 is 1. The van der Waals surface area contributed by atoms with Crippen molar-refractivity contribution in [2.24, 2.45) is 7.05 Å². The number of aromatic nitrogens is 2. The molecule has 0 N–H and O–H groups in total. The molecule has 3 heterocycles. The van der Waals surface area contributed by atoms with Crippen LogP contribution in [0.4, 0.5) is 5.69 Å². The molecular weight excluding hydrogens is 278 g/mol. The molecular formula is C17H15N3O2. The lowest BCUT2D eigenvalue weighted by Crippen LogP contribution is -2.23.